The van der Waals surface area contributed by atoms with E-state index in [0.29, 0.717) is 23.3 Å². The number of ether oxygens (including phenoxy) is 1. The Balaban J connectivity index is 1.60. The molecule has 5 nitrogen and oxygen atoms in total. The summed E-state index contributed by atoms with van der Waals surface area (Å²) in [6.45, 7) is 10.3. The fraction of sp³-hybridized carbons (Fsp3) is 0.407. The lowest BCUT2D eigenvalue weighted by atomic mass is 9.80. The molecule has 0 radical (unpaired) electrons. The molecular formula is C27H29NO4. The summed E-state index contributed by atoms with van der Waals surface area (Å²) < 4.78 is 12.2. The van der Waals surface area contributed by atoms with Crippen molar-refractivity contribution in [3.05, 3.63) is 64.0 Å². The average molecular weight is 432 g/mol. The number of rotatable bonds is 1. The van der Waals surface area contributed by atoms with Crippen LogP contribution in [0.25, 0.3) is 22.1 Å². The molecule has 5 rings (SSSR count). The summed E-state index contributed by atoms with van der Waals surface area (Å²) in [5, 5.41) is 0.766. The van der Waals surface area contributed by atoms with E-state index in [0.717, 1.165) is 48.0 Å². The van der Waals surface area contributed by atoms with Crippen LogP contribution in [0.5, 0.6) is 5.75 Å². The highest BCUT2D eigenvalue weighted by atomic mass is 16.5. The Kier molecular flexibility index (Phi) is 4.79. The first kappa shape index (κ1) is 21.0. The van der Waals surface area contributed by atoms with Crippen LogP contribution in [0, 0.1) is 6.92 Å². The van der Waals surface area contributed by atoms with E-state index < -0.39 is 11.2 Å². The van der Waals surface area contributed by atoms with Crippen molar-refractivity contribution >= 4 is 16.8 Å². The molecule has 3 aromatic rings. The molecule has 0 aliphatic carbocycles. The van der Waals surface area contributed by atoms with Crippen molar-refractivity contribution in [2.45, 2.75) is 58.1 Å². The highest BCUT2D eigenvalue weighted by Gasteiger charge is 2.45. The number of carbonyl (C=O) groups is 1. The van der Waals surface area contributed by atoms with Gasteiger partial charge in [0.2, 0.25) is 0 Å². The van der Waals surface area contributed by atoms with Gasteiger partial charge in [-0.2, -0.15) is 0 Å². The predicted octanol–water partition coefficient (Wildman–Crippen LogP) is 5.37. The summed E-state index contributed by atoms with van der Waals surface area (Å²) in [6, 6.07) is 13.1. The number of ketones is 1. The molecular weight excluding hydrogens is 402 g/mol. The number of hydrogen-bond donors (Lipinski definition) is 0. The molecule has 2 aliphatic heterocycles. The third kappa shape index (κ3) is 3.45. The number of carbonyl (C=O) groups excluding carboxylic acids is 1. The van der Waals surface area contributed by atoms with E-state index in [1.165, 1.54) is 6.07 Å². The van der Waals surface area contributed by atoms with Crippen molar-refractivity contribution in [3.8, 4) is 16.9 Å². The summed E-state index contributed by atoms with van der Waals surface area (Å²) in [4.78, 5) is 28.2. The Labute approximate surface area is 188 Å². The van der Waals surface area contributed by atoms with Gasteiger partial charge < -0.3 is 9.15 Å². The molecule has 3 heterocycles. The minimum absolute atomic E-state index is 0.0988. The van der Waals surface area contributed by atoms with Gasteiger partial charge in [0.05, 0.1) is 12.0 Å². The van der Waals surface area contributed by atoms with Gasteiger partial charge in [0.25, 0.3) is 0 Å². The molecule has 1 fully saturated rings. The molecule has 0 amide bonds. The van der Waals surface area contributed by atoms with Crippen LogP contribution >= 0.6 is 0 Å². The van der Waals surface area contributed by atoms with E-state index in [1.807, 2.05) is 43.3 Å². The lowest BCUT2D eigenvalue weighted by Gasteiger charge is -2.48. The van der Waals surface area contributed by atoms with Gasteiger partial charge in [-0.3, -0.25) is 9.69 Å². The standard InChI is InChI=1S/C27H29NO4/c1-17-24-20(19(15-23(30)31-24)18-8-6-5-7-9-18)14-21-22(29)16-27(32-25(17)21)10-12-28(13-11-27)26(2,3)4/h5-9,14-15H,10-13,16H2,1-4H3. The van der Waals surface area contributed by atoms with Crippen LogP contribution in [0.15, 0.2) is 51.7 Å². The van der Waals surface area contributed by atoms with Crippen molar-refractivity contribution in [1.29, 1.82) is 0 Å². The summed E-state index contributed by atoms with van der Waals surface area (Å²) in [5.74, 6) is 0.678. The van der Waals surface area contributed by atoms with Gasteiger partial charge in [-0.15, -0.1) is 0 Å². The monoisotopic (exact) mass is 431 g/mol. The molecule has 2 aliphatic rings. The van der Waals surface area contributed by atoms with E-state index in [-0.39, 0.29) is 11.3 Å². The molecule has 0 unspecified atom stereocenters. The first-order chi connectivity index (χ1) is 15.2. The maximum atomic E-state index is 13.4. The van der Waals surface area contributed by atoms with Crippen LogP contribution in [-0.4, -0.2) is 34.9 Å². The van der Waals surface area contributed by atoms with Crippen LogP contribution in [0.4, 0.5) is 0 Å². The molecule has 0 bridgehead atoms. The number of piperidine rings is 1. The summed E-state index contributed by atoms with van der Waals surface area (Å²) in [5.41, 5.74) is 2.70. The molecule has 32 heavy (non-hydrogen) atoms. The van der Waals surface area contributed by atoms with Crippen molar-refractivity contribution < 1.29 is 13.9 Å². The quantitative estimate of drug-likeness (QED) is 0.485. The molecule has 1 spiro atoms. The molecule has 5 heteroatoms. The van der Waals surface area contributed by atoms with Gasteiger partial charge >= 0.3 is 5.63 Å². The SMILES string of the molecule is Cc1c2c(cc3c(-c4ccccc4)cc(=O)oc13)C(=O)CC1(CCN(C(C)(C)C)CC1)O2. The second-order valence-corrected chi connectivity index (χ2v) is 10.1. The summed E-state index contributed by atoms with van der Waals surface area (Å²) in [7, 11) is 0. The van der Waals surface area contributed by atoms with Crippen molar-refractivity contribution in [3.63, 3.8) is 0 Å². The smallest absolute Gasteiger partial charge is 0.336 e. The van der Waals surface area contributed by atoms with E-state index >= 15 is 0 Å². The Morgan fingerprint density at radius 1 is 0.969 bits per heavy atom. The minimum atomic E-state index is -0.485. The van der Waals surface area contributed by atoms with E-state index in [2.05, 4.69) is 25.7 Å². The van der Waals surface area contributed by atoms with Crippen molar-refractivity contribution in [2.75, 3.05) is 13.1 Å². The molecule has 0 saturated carbocycles. The molecule has 1 aromatic heterocycles. The maximum Gasteiger partial charge on any atom is 0.336 e. The molecule has 2 aromatic carbocycles. The first-order valence-electron chi connectivity index (χ1n) is 11.3. The molecule has 0 N–H and O–H groups in total. The highest BCUT2D eigenvalue weighted by Crippen LogP contribution is 2.45. The Morgan fingerprint density at radius 3 is 2.31 bits per heavy atom. The topological polar surface area (TPSA) is 59.8 Å². The second kappa shape index (κ2) is 7.31. The van der Waals surface area contributed by atoms with Gasteiger partial charge in [0.15, 0.2) is 5.78 Å². The van der Waals surface area contributed by atoms with E-state index in [9.17, 15) is 9.59 Å². The zero-order valence-corrected chi connectivity index (χ0v) is 19.2. The number of benzene rings is 2. The third-order valence-corrected chi connectivity index (χ3v) is 7.02. The predicted molar refractivity (Wildman–Crippen MR) is 126 cm³/mol. The second-order valence-electron chi connectivity index (χ2n) is 10.1. The Hall–Kier alpha value is -2.92. The van der Waals surface area contributed by atoms with Crippen LogP contribution < -0.4 is 10.4 Å². The molecule has 0 atom stereocenters. The van der Waals surface area contributed by atoms with Crippen LogP contribution in [0.2, 0.25) is 0 Å². The van der Waals surface area contributed by atoms with E-state index in [1.54, 1.807) is 0 Å². The van der Waals surface area contributed by atoms with Gasteiger partial charge in [-0.05, 0) is 44.9 Å². The number of hydrogen-bond acceptors (Lipinski definition) is 5. The number of fused-ring (bicyclic) bond motifs is 2. The van der Waals surface area contributed by atoms with Crippen molar-refractivity contribution in [1.82, 2.24) is 4.90 Å². The molecule has 166 valence electrons. The van der Waals surface area contributed by atoms with Crippen molar-refractivity contribution in [2.24, 2.45) is 0 Å². The lowest BCUT2D eigenvalue weighted by molar-refractivity contribution is -0.0298. The average Bonchev–Trinajstić information content (AvgIpc) is 2.75. The van der Waals surface area contributed by atoms with Gasteiger partial charge in [-0.25, -0.2) is 4.79 Å². The Morgan fingerprint density at radius 2 is 1.66 bits per heavy atom. The van der Waals surface area contributed by atoms with Gasteiger partial charge in [0.1, 0.15) is 16.9 Å². The zero-order valence-electron chi connectivity index (χ0n) is 19.2. The number of nitrogens with zero attached hydrogens (tertiary/aromatic N) is 1. The summed E-state index contributed by atoms with van der Waals surface area (Å²) >= 11 is 0. The fourth-order valence-electron chi connectivity index (χ4n) is 5.14. The lowest BCUT2D eigenvalue weighted by Crippen LogP contribution is -2.55. The first-order valence-corrected chi connectivity index (χ1v) is 11.3. The molecule has 1 saturated heterocycles. The van der Waals surface area contributed by atoms with Crippen LogP contribution in [-0.2, 0) is 0 Å². The Bertz CT molecular complexity index is 1260. The maximum absolute atomic E-state index is 13.4. The van der Waals surface area contributed by atoms with Crippen LogP contribution in [0.3, 0.4) is 0 Å². The number of aryl methyl sites for hydroxylation is 1. The highest BCUT2D eigenvalue weighted by molar-refractivity contribution is 6.07. The fourth-order valence-corrected chi connectivity index (χ4v) is 5.14. The summed E-state index contributed by atoms with van der Waals surface area (Å²) in [6.07, 6.45) is 2.00. The van der Waals surface area contributed by atoms with Gasteiger partial charge in [-0.1, -0.05) is 30.3 Å². The number of Topliss-reactive ketones (excluding diaryl/α,β-unsaturated/α-hetero) is 1. The normalized spacial score (nSPS) is 18.6. The minimum Gasteiger partial charge on any atom is -0.486 e. The van der Waals surface area contributed by atoms with Crippen LogP contribution in [0.1, 0.15) is 56.0 Å². The van der Waals surface area contributed by atoms with E-state index in [4.69, 9.17) is 9.15 Å². The van der Waals surface area contributed by atoms with Gasteiger partial charge in [0, 0.05) is 48.5 Å². The third-order valence-electron chi connectivity index (χ3n) is 7.02. The largest absolute Gasteiger partial charge is 0.486 e. The number of likely N-dealkylation sites (tertiary alicyclic amines) is 1. The zero-order chi connectivity index (χ0) is 22.7.